The zero-order chi connectivity index (χ0) is 18.8. The van der Waals surface area contributed by atoms with Crippen LogP contribution in [0.5, 0.6) is 0 Å². The maximum atomic E-state index is 12.0. The monoisotopic (exact) mass is 372 g/mol. The Morgan fingerprint density at radius 2 is 1.69 bits per heavy atom. The van der Waals surface area contributed by atoms with E-state index in [9.17, 15) is 9.59 Å². The Bertz CT molecular complexity index is 719. The minimum atomic E-state index is -0.0325. The summed E-state index contributed by atoms with van der Waals surface area (Å²) < 4.78 is 0. The van der Waals surface area contributed by atoms with Gasteiger partial charge in [-0.05, 0) is 36.1 Å². The highest BCUT2D eigenvalue weighted by atomic mass is 35.5. The van der Waals surface area contributed by atoms with Gasteiger partial charge >= 0.3 is 0 Å². The highest BCUT2D eigenvalue weighted by Gasteiger charge is 2.11. The van der Waals surface area contributed by atoms with Crippen LogP contribution < -0.4 is 5.32 Å². The van der Waals surface area contributed by atoms with Gasteiger partial charge in [0.15, 0.2) is 0 Å². The van der Waals surface area contributed by atoms with E-state index in [4.69, 9.17) is 11.6 Å². The molecule has 0 bridgehead atoms. The van der Waals surface area contributed by atoms with Crippen molar-refractivity contribution in [2.75, 3.05) is 19.6 Å². The minimum absolute atomic E-state index is 0.0240. The van der Waals surface area contributed by atoms with E-state index < -0.39 is 0 Å². The number of halogens is 1. The van der Waals surface area contributed by atoms with Gasteiger partial charge in [0.1, 0.15) is 0 Å². The number of nitrogens with one attached hydrogen (secondary N) is 1. The molecule has 0 fully saturated rings. The lowest BCUT2D eigenvalue weighted by atomic mass is 10.1. The van der Waals surface area contributed by atoms with Crippen LogP contribution in [0.1, 0.15) is 24.5 Å². The van der Waals surface area contributed by atoms with Crippen molar-refractivity contribution in [3.63, 3.8) is 0 Å². The lowest BCUT2D eigenvalue weighted by Gasteiger charge is -2.21. The summed E-state index contributed by atoms with van der Waals surface area (Å²) >= 11 is 5.98. The van der Waals surface area contributed by atoms with Crippen LogP contribution in [-0.2, 0) is 22.4 Å². The zero-order valence-electron chi connectivity index (χ0n) is 15.1. The summed E-state index contributed by atoms with van der Waals surface area (Å²) in [5, 5.41) is 3.60. The molecule has 0 aromatic heterocycles. The molecular weight excluding hydrogens is 348 g/mol. The third kappa shape index (κ3) is 7.28. The summed E-state index contributed by atoms with van der Waals surface area (Å²) in [6, 6.07) is 17.6. The molecule has 26 heavy (non-hydrogen) atoms. The first kappa shape index (κ1) is 20.0. The van der Waals surface area contributed by atoms with Gasteiger partial charge in [0, 0.05) is 38.0 Å². The first-order chi connectivity index (χ1) is 12.5. The zero-order valence-corrected chi connectivity index (χ0v) is 15.8. The van der Waals surface area contributed by atoms with Crippen molar-refractivity contribution in [3.8, 4) is 0 Å². The normalized spacial score (nSPS) is 10.4. The van der Waals surface area contributed by atoms with Crippen LogP contribution in [0.15, 0.2) is 54.6 Å². The smallest absolute Gasteiger partial charge is 0.221 e. The van der Waals surface area contributed by atoms with Crippen molar-refractivity contribution < 1.29 is 9.59 Å². The van der Waals surface area contributed by atoms with E-state index in [1.165, 1.54) is 12.5 Å². The van der Waals surface area contributed by atoms with Gasteiger partial charge in [-0.25, -0.2) is 0 Å². The number of rotatable bonds is 9. The summed E-state index contributed by atoms with van der Waals surface area (Å²) in [7, 11) is 0. The van der Waals surface area contributed by atoms with E-state index >= 15 is 0 Å². The Balaban J connectivity index is 1.71. The number of hydrogen-bond acceptors (Lipinski definition) is 2. The first-order valence-corrected chi connectivity index (χ1v) is 9.23. The average Bonchev–Trinajstić information content (AvgIpc) is 2.62. The third-order valence-corrected chi connectivity index (χ3v) is 4.43. The van der Waals surface area contributed by atoms with Crippen molar-refractivity contribution >= 4 is 23.4 Å². The van der Waals surface area contributed by atoms with Crippen molar-refractivity contribution in [2.45, 2.75) is 26.2 Å². The second kappa shape index (κ2) is 10.6. The molecule has 0 saturated carbocycles. The molecule has 0 aliphatic rings. The third-order valence-electron chi connectivity index (χ3n) is 4.19. The highest BCUT2D eigenvalue weighted by Crippen LogP contribution is 2.11. The predicted molar refractivity (Wildman–Crippen MR) is 105 cm³/mol. The van der Waals surface area contributed by atoms with Crippen molar-refractivity contribution in [3.05, 3.63) is 70.7 Å². The van der Waals surface area contributed by atoms with Crippen LogP contribution in [0.4, 0.5) is 0 Å². The molecule has 2 aromatic carbocycles. The van der Waals surface area contributed by atoms with Gasteiger partial charge in [0.05, 0.1) is 0 Å². The Kier molecular flexibility index (Phi) is 8.16. The number of amides is 2. The second-order valence-electron chi connectivity index (χ2n) is 6.22. The standard InChI is InChI=1S/C21H25ClN2O2/c1-17(25)24(14-11-19-8-5-9-20(22)16-19)15-12-21(26)23-13-10-18-6-3-2-4-7-18/h2-9,16H,10-15H2,1H3,(H,23,26). The topological polar surface area (TPSA) is 49.4 Å². The fourth-order valence-electron chi connectivity index (χ4n) is 2.70. The van der Waals surface area contributed by atoms with E-state index in [1.54, 1.807) is 4.90 Å². The molecule has 1 N–H and O–H groups in total. The summed E-state index contributed by atoms with van der Waals surface area (Å²) in [5.41, 5.74) is 2.27. The van der Waals surface area contributed by atoms with Crippen LogP contribution in [-0.4, -0.2) is 36.3 Å². The SMILES string of the molecule is CC(=O)N(CCC(=O)NCCc1ccccc1)CCc1cccc(Cl)c1. The maximum Gasteiger partial charge on any atom is 0.221 e. The molecule has 4 nitrogen and oxygen atoms in total. The molecule has 0 aliphatic carbocycles. The molecule has 0 heterocycles. The molecule has 2 aromatic rings. The number of nitrogens with zero attached hydrogens (tertiary/aromatic N) is 1. The van der Waals surface area contributed by atoms with Crippen LogP contribution in [0.3, 0.4) is 0 Å². The molecular formula is C21H25ClN2O2. The van der Waals surface area contributed by atoms with Crippen LogP contribution in [0.25, 0.3) is 0 Å². The maximum absolute atomic E-state index is 12.0. The van der Waals surface area contributed by atoms with Gasteiger partial charge in [-0.3, -0.25) is 9.59 Å². The quantitative estimate of drug-likeness (QED) is 0.732. The number of carbonyl (C=O) groups excluding carboxylic acids is 2. The Hall–Kier alpha value is -2.33. The Morgan fingerprint density at radius 1 is 0.962 bits per heavy atom. The van der Waals surface area contributed by atoms with Crippen LogP contribution >= 0.6 is 11.6 Å². The van der Waals surface area contributed by atoms with Crippen LogP contribution in [0.2, 0.25) is 5.02 Å². The van der Waals surface area contributed by atoms with E-state index in [0.717, 1.165) is 18.4 Å². The number of benzene rings is 2. The first-order valence-electron chi connectivity index (χ1n) is 8.85. The molecule has 0 atom stereocenters. The van der Waals surface area contributed by atoms with Crippen molar-refractivity contribution in [2.24, 2.45) is 0 Å². The fourth-order valence-corrected chi connectivity index (χ4v) is 2.91. The Labute approximate surface area is 160 Å². The van der Waals surface area contributed by atoms with Gasteiger partial charge in [0.25, 0.3) is 0 Å². The van der Waals surface area contributed by atoms with Gasteiger partial charge in [0.2, 0.25) is 11.8 Å². The molecule has 0 radical (unpaired) electrons. The molecule has 0 spiro atoms. The highest BCUT2D eigenvalue weighted by molar-refractivity contribution is 6.30. The number of carbonyl (C=O) groups is 2. The van der Waals surface area contributed by atoms with Gasteiger partial charge < -0.3 is 10.2 Å². The van der Waals surface area contributed by atoms with Crippen molar-refractivity contribution in [1.29, 1.82) is 0 Å². The Morgan fingerprint density at radius 3 is 2.38 bits per heavy atom. The fraction of sp³-hybridized carbons (Fsp3) is 0.333. The van der Waals surface area contributed by atoms with Gasteiger partial charge in [-0.15, -0.1) is 0 Å². The summed E-state index contributed by atoms with van der Waals surface area (Å²) in [6.07, 6.45) is 1.83. The predicted octanol–water partition coefficient (Wildman–Crippen LogP) is 3.48. The number of hydrogen-bond donors (Lipinski definition) is 1. The average molecular weight is 373 g/mol. The molecule has 0 aliphatic heterocycles. The summed E-state index contributed by atoms with van der Waals surface area (Å²) in [5.74, 6) is -0.0564. The van der Waals surface area contributed by atoms with E-state index in [2.05, 4.69) is 5.32 Å². The van der Waals surface area contributed by atoms with E-state index in [-0.39, 0.29) is 11.8 Å². The molecule has 5 heteroatoms. The van der Waals surface area contributed by atoms with Gasteiger partial charge in [-0.1, -0.05) is 54.1 Å². The largest absolute Gasteiger partial charge is 0.356 e. The molecule has 2 amide bonds. The summed E-state index contributed by atoms with van der Waals surface area (Å²) in [4.78, 5) is 25.5. The molecule has 2 rings (SSSR count). The van der Waals surface area contributed by atoms with E-state index in [1.807, 2.05) is 54.6 Å². The lowest BCUT2D eigenvalue weighted by molar-refractivity contribution is -0.129. The van der Waals surface area contributed by atoms with Crippen molar-refractivity contribution in [1.82, 2.24) is 10.2 Å². The van der Waals surface area contributed by atoms with E-state index in [0.29, 0.717) is 31.1 Å². The lowest BCUT2D eigenvalue weighted by Crippen LogP contribution is -2.35. The molecule has 0 unspecified atom stereocenters. The van der Waals surface area contributed by atoms with Gasteiger partial charge in [-0.2, -0.15) is 0 Å². The molecule has 138 valence electrons. The summed E-state index contributed by atoms with van der Waals surface area (Å²) in [6.45, 7) is 3.14. The minimum Gasteiger partial charge on any atom is -0.356 e. The second-order valence-corrected chi connectivity index (χ2v) is 6.66. The molecule has 0 saturated heterocycles. The van der Waals surface area contributed by atoms with Crippen LogP contribution in [0, 0.1) is 0 Å².